The van der Waals surface area contributed by atoms with Crippen molar-refractivity contribution in [3.05, 3.63) is 0 Å². The molecule has 2 saturated heterocycles. The maximum Gasteiger partial charge on any atom is 0.410 e. The molecule has 0 aromatic heterocycles. The molecule has 2 heterocycles. The van der Waals surface area contributed by atoms with E-state index >= 15 is 0 Å². The zero-order valence-electron chi connectivity index (χ0n) is 11.3. The molecule has 3 atom stereocenters. The summed E-state index contributed by atoms with van der Waals surface area (Å²) in [6.45, 7) is 7.25. The van der Waals surface area contributed by atoms with Gasteiger partial charge in [-0.3, -0.25) is 0 Å². The summed E-state index contributed by atoms with van der Waals surface area (Å²) in [6, 6.07) is 0. The monoisotopic (exact) mass is 367 g/mol. The number of halogens is 1. The van der Waals surface area contributed by atoms with Crippen molar-refractivity contribution in [2.75, 3.05) is 17.5 Å². The number of hydrogen-bond acceptors (Lipinski definition) is 3. The van der Waals surface area contributed by atoms with Gasteiger partial charge in [-0.1, -0.05) is 22.6 Å². The quantitative estimate of drug-likeness (QED) is 0.529. The summed E-state index contributed by atoms with van der Waals surface area (Å²) in [4.78, 5) is 13.9. The van der Waals surface area contributed by atoms with Crippen LogP contribution in [0.4, 0.5) is 4.79 Å². The molecular weight excluding hydrogens is 345 g/mol. The fourth-order valence-electron chi connectivity index (χ4n) is 2.65. The maximum absolute atomic E-state index is 12.0. The second-order valence-electron chi connectivity index (χ2n) is 6.16. The summed E-state index contributed by atoms with van der Waals surface area (Å²) in [5.41, 5.74) is -0.412. The highest BCUT2D eigenvalue weighted by Crippen LogP contribution is 2.34. The van der Waals surface area contributed by atoms with E-state index in [0.29, 0.717) is 18.1 Å². The summed E-state index contributed by atoms with van der Waals surface area (Å²) < 4.78 is 12.4. The Balaban J connectivity index is 1.89. The highest BCUT2D eigenvalue weighted by atomic mass is 127. The Morgan fingerprint density at radius 2 is 2.22 bits per heavy atom. The van der Waals surface area contributed by atoms with Gasteiger partial charge in [-0.15, -0.1) is 0 Å². The number of carbonyl (C=O) groups excluding carboxylic acids is 1. The number of nitrogens with zero attached hydrogens (tertiary/aromatic N) is 1. The van der Waals surface area contributed by atoms with Gasteiger partial charge in [0.2, 0.25) is 0 Å². The van der Waals surface area contributed by atoms with Gasteiger partial charge in [0.25, 0.3) is 0 Å². The van der Waals surface area contributed by atoms with Crippen molar-refractivity contribution in [2.24, 2.45) is 5.92 Å². The average molecular weight is 367 g/mol. The highest BCUT2D eigenvalue weighted by Gasteiger charge is 2.40. The Hall–Kier alpha value is -0.0400. The van der Waals surface area contributed by atoms with Gasteiger partial charge in [0, 0.05) is 23.4 Å². The minimum absolute atomic E-state index is 0.182. The number of piperidine rings is 1. The van der Waals surface area contributed by atoms with Gasteiger partial charge < -0.3 is 14.4 Å². The molecule has 4 nitrogen and oxygen atoms in total. The Morgan fingerprint density at radius 3 is 2.83 bits per heavy atom. The molecule has 0 spiro atoms. The first-order chi connectivity index (χ1) is 8.39. The lowest BCUT2D eigenvalue weighted by molar-refractivity contribution is -0.0106. The molecule has 2 fully saturated rings. The first kappa shape index (κ1) is 14.4. The van der Waals surface area contributed by atoms with Crippen molar-refractivity contribution in [3.8, 4) is 0 Å². The average Bonchev–Trinajstić information content (AvgIpc) is 2.68. The van der Waals surface area contributed by atoms with Crippen LogP contribution in [0.15, 0.2) is 0 Å². The molecule has 0 N–H and O–H groups in total. The number of likely N-dealkylation sites (tertiary alicyclic amines) is 1. The van der Waals surface area contributed by atoms with Crippen LogP contribution < -0.4 is 0 Å². The second kappa shape index (κ2) is 5.53. The normalized spacial score (nSPS) is 32.2. The largest absolute Gasteiger partial charge is 0.444 e. The molecule has 3 unspecified atom stereocenters. The van der Waals surface area contributed by atoms with Crippen molar-refractivity contribution in [1.82, 2.24) is 4.90 Å². The van der Waals surface area contributed by atoms with E-state index < -0.39 is 5.60 Å². The van der Waals surface area contributed by atoms with Crippen molar-refractivity contribution in [2.45, 2.75) is 51.4 Å². The standard InChI is InChI=1S/C13H22INO3/c1-13(2,3)18-12(16)15-5-4-11-9(8-15)6-10(7-14)17-11/h9-11H,4-8H2,1-3H3. The molecule has 0 radical (unpaired) electrons. The fraction of sp³-hybridized carbons (Fsp3) is 0.923. The smallest absolute Gasteiger partial charge is 0.410 e. The van der Waals surface area contributed by atoms with Crippen LogP contribution in [0.1, 0.15) is 33.6 Å². The maximum atomic E-state index is 12.0. The number of rotatable bonds is 1. The zero-order valence-corrected chi connectivity index (χ0v) is 13.5. The molecule has 2 rings (SSSR count). The van der Waals surface area contributed by atoms with Crippen LogP contribution in [-0.4, -0.2) is 46.3 Å². The number of alkyl halides is 1. The van der Waals surface area contributed by atoms with Crippen LogP contribution in [0.25, 0.3) is 0 Å². The molecule has 0 bridgehead atoms. The first-order valence-electron chi connectivity index (χ1n) is 6.58. The van der Waals surface area contributed by atoms with Crippen molar-refractivity contribution in [1.29, 1.82) is 0 Å². The third kappa shape index (κ3) is 3.50. The van der Waals surface area contributed by atoms with E-state index in [-0.39, 0.29) is 6.09 Å². The molecule has 2 aliphatic heterocycles. The Morgan fingerprint density at radius 1 is 1.50 bits per heavy atom. The first-order valence-corrected chi connectivity index (χ1v) is 8.11. The molecule has 0 aliphatic carbocycles. The molecule has 0 aromatic rings. The summed E-state index contributed by atoms with van der Waals surface area (Å²) >= 11 is 2.37. The van der Waals surface area contributed by atoms with E-state index in [9.17, 15) is 4.79 Å². The van der Waals surface area contributed by atoms with Crippen LogP contribution in [0, 0.1) is 5.92 Å². The predicted molar refractivity (Wildman–Crippen MR) is 78.1 cm³/mol. The number of fused-ring (bicyclic) bond motifs is 1. The van der Waals surface area contributed by atoms with Crippen molar-refractivity contribution in [3.63, 3.8) is 0 Å². The molecule has 104 valence electrons. The molecule has 2 aliphatic rings. The lowest BCUT2D eigenvalue weighted by Gasteiger charge is -2.35. The number of hydrogen-bond donors (Lipinski definition) is 0. The van der Waals surface area contributed by atoms with Gasteiger partial charge in [0.05, 0.1) is 12.2 Å². The van der Waals surface area contributed by atoms with E-state index in [1.165, 1.54) is 0 Å². The van der Waals surface area contributed by atoms with E-state index in [2.05, 4.69) is 22.6 Å². The molecule has 5 heteroatoms. The van der Waals surface area contributed by atoms with Gasteiger partial charge in [0.15, 0.2) is 0 Å². The van der Waals surface area contributed by atoms with Crippen LogP contribution in [0.5, 0.6) is 0 Å². The SMILES string of the molecule is CC(C)(C)OC(=O)N1CCC2OC(CI)CC2C1. The minimum Gasteiger partial charge on any atom is -0.444 e. The van der Waals surface area contributed by atoms with E-state index in [4.69, 9.17) is 9.47 Å². The Kier molecular flexibility index (Phi) is 4.41. The van der Waals surface area contributed by atoms with E-state index in [1.807, 2.05) is 25.7 Å². The lowest BCUT2D eigenvalue weighted by atomic mass is 9.93. The van der Waals surface area contributed by atoms with E-state index in [0.717, 1.165) is 30.4 Å². The minimum atomic E-state index is -0.412. The molecule has 18 heavy (non-hydrogen) atoms. The summed E-state index contributed by atoms with van der Waals surface area (Å²) in [6.07, 6.45) is 2.56. The number of ether oxygens (including phenoxy) is 2. The highest BCUT2D eigenvalue weighted by molar-refractivity contribution is 14.1. The number of carbonyl (C=O) groups is 1. The van der Waals surface area contributed by atoms with Gasteiger partial charge in [-0.2, -0.15) is 0 Å². The molecule has 1 amide bonds. The Bertz CT molecular complexity index is 316. The molecule has 0 saturated carbocycles. The third-order valence-corrected chi connectivity index (χ3v) is 4.40. The topological polar surface area (TPSA) is 38.8 Å². The fourth-order valence-corrected chi connectivity index (χ4v) is 3.22. The van der Waals surface area contributed by atoms with Gasteiger partial charge in [-0.25, -0.2) is 4.79 Å². The van der Waals surface area contributed by atoms with Crippen LogP contribution in [0.3, 0.4) is 0 Å². The van der Waals surface area contributed by atoms with E-state index in [1.54, 1.807) is 0 Å². The van der Waals surface area contributed by atoms with Gasteiger partial charge in [0.1, 0.15) is 5.60 Å². The second-order valence-corrected chi connectivity index (χ2v) is 7.04. The van der Waals surface area contributed by atoms with Crippen LogP contribution in [0.2, 0.25) is 0 Å². The lowest BCUT2D eigenvalue weighted by Crippen LogP contribution is -2.46. The summed E-state index contributed by atoms with van der Waals surface area (Å²) in [5.74, 6) is 0.492. The van der Waals surface area contributed by atoms with Crippen LogP contribution >= 0.6 is 22.6 Å². The number of amides is 1. The zero-order chi connectivity index (χ0) is 13.3. The molecular formula is C13H22INO3. The van der Waals surface area contributed by atoms with Crippen molar-refractivity contribution >= 4 is 28.7 Å². The van der Waals surface area contributed by atoms with Gasteiger partial charge in [-0.05, 0) is 33.6 Å². The summed E-state index contributed by atoms with van der Waals surface area (Å²) in [7, 11) is 0. The van der Waals surface area contributed by atoms with Gasteiger partial charge >= 0.3 is 6.09 Å². The predicted octanol–water partition coefficient (Wildman–Crippen LogP) is 2.84. The van der Waals surface area contributed by atoms with Crippen LogP contribution in [-0.2, 0) is 9.47 Å². The molecule has 0 aromatic carbocycles. The Labute approximate surface area is 123 Å². The summed E-state index contributed by atoms with van der Waals surface area (Å²) in [5, 5.41) is 0. The van der Waals surface area contributed by atoms with Crippen molar-refractivity contribution < 1.29 is 14.3 Å². The third-order valence-electron chi connectivity index (χ3n) is 3.42.